The van der Waals surface area contributed by atoms with E-state index >= 15 is 0 Å². The number of amides is 1. The first-order chi connectivity index (χ1) is 14.6. The molecular formula is C25H33N3O2. The van der Waals surface area contributed by atoms with Crippen LogP contribution in [0.2, 0.25) is 0 Å². The van der Waals surface area contributed by atoms with E-state index in [0.717, 1.165) is 43.8 Å². The highest BCUT2D eigenvalue weighted by molar-refractivity contribution is 5.87. The van der Waals surface area contributed by atoms with Gasteiger partial charge in [0.15, 0.2) is 0 Å². The fourth-order valence-electron chi connectivity index (χ4n) is 4.83. The van der Waals surface area contributed by atoms with Crippen LogP contribution >= 0.6 is 0 Å². The van der Waals surface area contributed by atoms with E-state index < -0.39 is 5.54 Å². The van der Waals surface area contributed by atoms with Gasteiger partial charge in [0.25, 0.3) is 0 Å². The summed E-state index contributed by atoms with van der Waals surface area (Å²) in [4.78, 5) is 16.0. The second kappa shape index (κ2) is 9.19. The van der Waals surface area contributed by atoms with Crippen LogP contribution in [-0.4, -0.2) is 43.6 Å². The smallest absolute Gasteiger partial charge is 0.245 e. The van der Waals surface area contributed by atoms with E-state index in [1.807, 2.05) is 30.3 Å². The number of carbonyl (C=O) groups is 1. The first kappa shape index (κ1) is 20.9. The zero-order valence-corrected chi connectivity index (χ0v) is 18.1. The van der Waals surface area contributed by atoms with Gasteiger partial charge in [0.05, 0.1) is 7.11 Å². The second-order valence-electron chi connectivity index (χ2n) is 8.62. The van der Waals surface area contributed by atoms with Gasteiger partial charge in [-0.15, -0.1) is 0 Å². The van der Waals surface area contributed by atoms with E-state index in [-0.39, 0.29) is 11.9 Å². The fraction of sp³-hybridized carbons (Fsp3) is 0.480. The van der Waals surface area contributed by atoms with Gasteiger partial charge in [-0.3, -0.25) is 9.69 Å². The van der Waals surface area contributed by atoms with Gasteiger partial charge in [0, 0.05) is 31.7 Å². The zero-order chi connectivity index (χ0) is 21.0. The molecule has 0 bridgehead atoms. The summed E-state index contributed by atoms with van der Waals surface area (Å²) >= 11 is 0. The highest BCUT2D eigenvalue weighted by atomic mass is 16.5. The Balaban J connectivity index is 1.59. The molecule has 1 saturated carbocycles. The summed E-state index contributed by atoms with van der Waals surface area (Å²) in [5.74, 6) is 0.979. The summed E-state index contributed by atoms with van der Waals surface area (Å²) in [6.45, 7) is 4.53. The number of rotatable bonds is 6. The molecule has 5 heteroatoms. The van der Waals surface area contributed by atoms with Crippen molar-refractivity contribution in [2.24, 2.45) is 0 Å². The van der Waals surface area contributed by atoms with Crippen LogP contribution in [0.1, 0.15) is 49.8 Å². The molecule has 1 saturated heterocycles. The van der Waals surface area contributed by atoms with Crippen molar-refractivity contribution in [2.45, 2.75) is 50.2 Å². The molecule has 2 unspecified atom stereocenters. The maximum Gasteiger partial charge on any atom is 0.245 e. The highest BCUT2D eigenvalue weighted by Gasteiger charge is 2.43. The summed E-state index contributed by atoms with van der Waals surface area (Å²) in [6.07, 6.45) is 4.60. The minimum atomic E-state index is -0.698. The van der Waals surface area contributed by atoms with Crippen LogP contribution in [0.5, 0.6) is 5.75 Å². The lowest BCUT2D eigenvalue weighted by Crippen LogP contribution is -2.61. The van der Waals surface area contributed by atoms with Gasteiger partial charge < -0.3 is 15.4 Å². The van der Waals surface area contributed by atoms with Crippen molar-refractivity contribution in [2.75, 3.05) is 26.7 Å². The summed E-state index contributed by atoms with van der Waals surface area (Å²) in [7, 11) is 1.68. The Morgan fingerprint density at radius 1 is 1.10 bits per heavy atom. The quantitative estimate of drug-likeness (QED) is 0.768. The van der Waals surface area contributed by atoms with Gasteiger partial charge in [0.2, 0.25) is 5.91 Å². The molecule has 5 nitrogen and oxygen atoms in total. The third-order valence-corrected chi connectivity index (χ3v) is 6.79. The molecule has 160 valence electrons. The van der Waals surface area contributed by atoms with Gasteiger partial charge in [0.1, 0.15) is 11.3 Å². The van der Waals surface area contributed by atoms with Gasteiger partial charge in [-0.25, -0.2) is 0 Å². The van der Waals surface area contributed by atoms with Crippen LogP contribution in [0.25, 0.3) is 0 Å². The Kier molecular flexibility index (Phi) is 6.40. The highest BCUT2D eigenvalue weighted by Crippen LogP contribution is 2.33. The molecule has 1 amide bonds. The molecule has 0 aromatic heterocycles. The van der Waals surface area contributed by atoms with Crippen molar-refractivity contribution >= 4 is 5.91 Å². The lowest BCUT2D eigenvalue weighted by Gasteiger charge is -2.45. The Morgan fingerprint density at radius 2 is 1.80 bits per heavy atom. The molecule has 2 fully saturated rings. The molecule has 2 atom stereocenters. The Morgan fingerprint density at radius 3 is 2.47 bits per heavy atom. The first-order valence-corrected chi connectivity index (χ1v) is 11.1. The van der Waals surface area contributed by atoms with E-state index in [0.29, 0.717) is 6.04 Å². The number of piperazine rings is 1. The van der Waals surface area contributed by atoms with E-state index in [1.54, 1.807) is 7.11 Å². The third kappa shape index (κ3) is 4.23. The van der Waals surface area contributed by atoms with Crippen LogP contribution < -0.4 is 15.4 Å². The number of carbonyl (C=O) groups excluding carboxylic acids is 1. The number of hydrogen-bond donors (Lipinski definition) is 2. The molecule has 2 aromatic rings. The number of methoxy groups -OCH3 is 1. The summed E-state index contributed by atoms with van der Waals surface area (Å²) in [6, 6.07) is 18.9. The number of hydrogen-bond acceptors (Lipinski definition) is 4. The maximum absolute atomic E-state index is 13.7. The molecule has 2 aromatic carbocycles. The first-order valence-electron chi connectivity index (χ1n) is 11.1. The molecule has 1 aliphatic heterocycles. The third-order valence-electron chi connectivity index (χ3n) is 6.79. The number of ether oxygens (including phenoxy) is 1. The lowest BCUT2D eigenvalue weighted by atomic mass is 9.86. The molecule has 0 spiro atoms. The average Bonchev–Trinajstić information content (AvgIpc) is 3.32. The van der Waals surface area contributed by atoms with E-state index in [2.05, 4.69) is 46.7 Å². The van der Waals surface area contributed by atoms with Crippen molar-refractivity contribution in [3.63, 3.8) is 0 Å². The van der Waals surface area contributed by atoms with Crippen molar-refractivity contribution in [1.29, 1.82) is 0 Å². The molecular weight excluding hydrogens is 374 g/mol. The van der Waals surface area contributed by atoms with Crippen molar-refractivity contribution in [3.05, 3.63) is 65.7 Å². The van der Waals surface area contributed by atoms with Crippen molar-refractivity contribution < 1.29 is 9.53 Å². The summed E-state index contributed by atoms with van der Waals surface area (Å²) in [5.41, 5.74) is 1.57. The van der Waals surface area contributed by atoms with Crippen LogP contribution in [0, 0.1) is 0 Å². The predicted octanol–water partition coefficient (Wildman–Crippen LogP) is 3.62. The zero-order valence-electron chi connectivity index (χ0n) is 18.1. The van der Waals surface area contributed by atoms with E-state index in [1.165, 1.54) is 18.4 Å². The van der Waals surface area contributed by atoms with E-state index in [9.17, 15) is 4.79 Å². The van der Waals surface area contributed by atoms with Crippen LogP contribution in [-0.2, 0) is 10.3 Å². The topological polar surface area (TPSA) is 53.6 Å². The molecule has 1 aliphatic carbocycles. The molecule has 30 heavy (non-hydrogen) atoms. The number of nitrogens with one attached hydrogen (secondary N) is 2. The molecule has 1 heterocycles. The SMILES string of the molecule is COc1ccc(C2CN(C(C)(C(=O)NC3CCCC3)c3ccccc3)CCN2)cc1. The number of nitrogens with zero attached hydrogens (tertiary/aromatic N) is 1. The van der Waals surface area contributed by atoms with Gasteiger partial charge in [-0.1, -0.05) is 55.3 Å². The van der Waals surface area contributed by atoms with E-state index in [4.69, 9.17) is 4.74 Å². The molecule has 4 rings (SSSR count). The largest absolute Gasteiger partial charge is 0.497 e. The normalized spacial score (nSPS) is 22.4. The van der Waals surface area contributed by atoms with Gasteiger partial charge >= 0.3 is 0 Å². The maximum atomic E-state index is 13.7. The second-order valence-corrected chi connectivity index (χ2v) is 8.62. The Labute approximate surface area is 179 Å². The monoisotopic (exact) mass is 407 g/mol. The Hall–Kier alpha value is -2.37. The van der Waals surface area contributed by atoms with Crippen molar-refractivity contribution in [3.8, 4) is 5.75 Å². The molecule has 2 N–H and O–H groups in total. The number of benzene rings is 2. The predicted molar refractivity (Wildman–Crippen MR) is 120 cm³/mol. The molecule has 2 aliphatic rings. The van der Waals surface area contributed by atoms with Crippen molar-refractivity contribution in [1.82, 2.24) is 15.5 Å². The van der Waals surface area contributed by atoms with Crippen LogP contribution in [0.3, 0.4) is 0 Å². The lowest BCUT2D eigenvalue weighted by molar-refractivity contribution is -0.135. The Bertz CT molecular complexity index is 833. The fourth-order valence-corrected chi connectivity index (χ4v) is 4.83. The average molecular weight is 408 g/mol. The van der Waals surface area contributed by atoms with Crippen LogP contribution in [0.15, 0.2) is 54.6 Å². The molecule has 0 radical (unpaired) electrons. The minimum absolute atomic E-state index is 0.121. The minimum Gasteiger partial charge on any atom is -0.497 e. The van der Waals surface area contributed by atoms with Gasteiger partial charge in [-0.2, -0.15) is 0 Å². The van der Waals surface area contributed by atoms with Crippen LogP contribution in [0.4, 0.5) is 0 Å². The summed E-state index contributed by atoms with van der Waals surface area (Å²) < 4.78 is 5.30. The van der Waals surface area contributed by atoms with Gasteiger partial charge in [-0.05, 0) is 43.0 Å². The standard InChI is InChI=1S/C25H33N3O2/c1-25(20-8-4-3-5-9-20,24(29)27-21-10-6-7-11-21)28-17-16-26-23(18-28)19-12-14-22(30-2)15-13-19/h3-5,8-9,12-15,21,23,26H,6-7,10-11,16-18H2,1-2H3,(H,27,29). The summed E-state index contributed by atoms with van der Waals surface area (Å²) in [5, 5.41) is 6.99.